The van der Waals surface area contributed by atoms with Gasteiger partial charge in [-0.05, 0) is 39.3 Å². The topological polar surface area (TPSA) is 138 Å². The number of hydrogen-bond acceptors (Lipinski definition) is 9. The van der Waals surface area contributed by atoms with Gasteiger partial charge in [-0.15, -0.1) is 11.3 Å². The molecule has 2 amide bonds. The number of thiazole rings is 1. The van der Waals surface area contributed by atoms with E-state index in [1.165, 1.54) is 29.5 Å². The molecule has 5 rings (SSSR count). The number of nitrogens with zero attached hydrogens (tertiary/aromatic N) is 5. The van der Waals surface area contributed by atoms with Gasteiger partial charge >= 0.3 is 12.3 Å². The number of likely N-dealkylation sites (tertiary alicyclic amines) is 1. The molecule has 3 N–H and O–H groups in total. The lowest BCUT2D eigenvalue weighted by Gasteiger charge is -2.38. The summed E-state index contributed by atoms with van der Waals surface area (Å²) >= 11 is 1.40. The fraction of sp³-hybridized carbons (Fsp3) is 0.407. The average Bonchev–Trinajstić information content (AvgIpc) is 3.61. The maximum Gasteiger partial charge on any atom is 0.419 e. The summed E-state index contributed by atoms with van der Waals surface area (Å²) in [6.45, 7) is 5.48. The van der Waals surface area contributed by atoms with E-state index in [-0.39, 0.29) is 36.2 Å². The predicted octanol–water partition coefficient (Wildman–Crippen LogP) is 4.95. The quantitative estimate of drug-likeness (QED) is 0.292. The number of rotatable bonds is 5. The summed E-state index contributed by atoms with van der Waals surface area (Å²) in [7, 11) is 1.50. The van der Waals surface area contributed by atoms with Crippen LogP contribution in [0.1, 0.15) is 32.8 Å². The van der Waals surface area contributed by atoms with Crippen LogP contribution in [0.15, 0.2) is 36.1 Å². The summed E-state index contributed by atoms with van der Waals surface area (Å²) in [5.41, 5.74) is -0.931. The summed E-state index contributed by atoms with van der Waals surface area (Å²) in [4.78, 5) is 46.7. The summed E-state index contributed by atoms with van der Waals surface area (Å²) in [6.07, 6.45) is -1.22. The Morgan fingerprint density at radius 1 is 1.14 bits per heavy atom. The van der Waals surface area contributed by atoms with Crippen LogP contribution in [-0.4, -0.2) is 73.6 Å². The zero-order valence-corrected chi connectivity index (χ0v) is 24.1. The molecule has 42 heavy (non-hydrogen) atoms. The lowest BCUT2D eigenvalue weighted by molar-refractivity contribution is -0.137. The average molecular weight is 603 g/mol. The van der Waals surface area contributed by atoms with Gasteiger partial charge in [0.2, 0.25) is 11.9 Å². The molecule has 1 aliphatic rings. The van der Waals surface area contributed by atoms with E-state index in [1.807, 2.05) is 5.38 Å². The second-order valence-corrected chi connectivity index (χ2v) is 11.8. The van der Waals surface area contributed by atoms with Crippen molar-refractivity contribution in [2.75, 3.05) is 25.5 Å². The fourth-order valence-electron chi connectivity index (χ4n) is 4.79. The SMILES string of the molecule is CNC(=O)[C@@H]1C[C@H](Nc2ncc(C(F)(F)F)c(-c3c[nH]c4nc(-c5nccs5)ccc34)n2)CN(C(=O)OC(C)(C)C)C1. The number of ether oxygens (including phenoxy) is 1. The molecule has 4 aromatic rings. The molecule has 0 radical (unpaired) electrons. The minimum absolute atomic E-state index is 0.0774. The monoisotopic (exact) mass is 602 g/mol. The maximum absolute atomic E-state index is 14.1. The van der Waals surface area contributed by atoms with Crippen molar-refractivity contribution in [3.05, 3.63) is 41.7 Å². The first kappa shape index (κ1) is 29.2. The Kier molecular flexibility index (Phi) is 7.79. The molecule has 0 saturated carbocycles. The van der Waals surface area contributed by atoms with Crippen molar-refractivity contribution in [3.63, 3.8) is 0 Å². The highest BCUT2D eigenvalue weighted by molar-refractivity contribution is 7.13. The Hall–Kier alpha value is -4.27. The number of piperidine rings is 1. The van der Waals surface area contributed by atoms with E-state index in [9.17, 15) is 22.8 Å². The van der Waals surface area contributed by atoms with E-state index in [0.717, 1.165) is 6.20 Å². The van der Waals surface area contributed by atoms with Gasteiger partial charge in [-0.25, -0.2) is 24.7 Å². The first-order valence-corrected chi connectivity index (χ1v) is 14.0. The van der Waals surface area contributed by atoms with E-state index in [2.05, 4.69) is 35.6 Å². The minimum atomic E-state index is -4.73. The normalized spacial score (nSPS) is 17.7. The summed E-state index contributed by atoms with van der Waals surface area (Å²) in [5.74, 6) is -0.923. The number of halogens is 3. The molecule has 1 fully saturated rings. The smallest absolute Gasteiger partial charge is 0.419 e. The number of anilines is 1. The van der Waals surface area contributed by atoms with Crippen LogP contribution < -0.4 is 10.6 Å². The van der Waals surface area contributed by atoms with E-state index < -0.39 is 35.4 Å². The molecule has 1 aliphatic heterocycles. The summed E-state index contributed by atoms with van der Waals surface area (Å²) in [5, 5.41) is 8.57. The molecule has 5 heterocycles. The molecule has 4 aromatic heterocycles. The Labute approximate surface area is 242 Å². The van der Waals surface area contributed by atoms with Gasteiger partial charge in [-0.3, -0.25) is 4.79 Å². The number of amides is 2. The number of aromatic amines is 1. The Bertz CT molecular complexity index is 1600. The third kappa shape index (κ3) is 6.30. The number of pyridine rings is 1. The zero-order valence-electron chi connectivity index (χ0n) is 23.2. The van der Waals surface area contributed by atoms with Gasteiger partial charge in [-0.2, -0.15) is 13.2 Å². The Morgan fingerprint density at radius 3 is 2.60 bits per heavy atom. The molecule has 0 unspecified atom stereocenters. The fourth-order valence-corrected chi connectivity index (χ4v) is 5.40. The molecule has 2 atom stereocenters. The van der Waals surface area contributed by atoms with Gasteiger partial charge in [0.15, 0.2) is 0 Å². The lowest BCUT2D eigenvalue weighted by Crippen LogP contribution is -2.53. The number of nitrogens with one attached hydrogen (secondary N) is 3. The number of alkyl halides is 3. The summed E-state index contributed by atoms with van der Waals surface area (Å²) < 4.78 is 47.8. The van der Waals surface area contributed by atoms with Crippen LogP contribution in [0.2, 0.25) is 0 Å². The molecule has 0 aromatic carbocycles. The number of H-pyrrole nitrogens is 1. The Morgan fingerprint density at radius 2 is 1.93 bits per heavy atom. The number of aromatic nitrogens is 5. The molecule has 1 saturated heterocycles. The van der Waals surface area contributed by atoms with E-state index in [0.29, 0.717) is 28.2 Å². The third-order valence-electron chi connectivity index (χ3n) is 6.59. The van der Waals surface area contributed by atoms with Crippen LogP contribution in [0.5, 0.6) is 0 Å². The minimum Gasteiger partial charge on any atom is -0.444 e. The molecule has 15 heteroatoms. The van der Waals surface area contributed by atoms with Gasteiger partial charge in [0.1, 0.15) is 27.5 Å². The molecule has 0 bridgehead atoms. The second-order valence-electron chi connectivity index (χ2n) is 10.9. The van der Waals surface area contributed by atoms with Gasteiger partial charge in [0.05, 0.1) is 11.6 Å². The second kappa shape index (κ2) is 11.2. The highest BCUT2D eigenvalue weighted by atomic mass is 32.1. The standard InChI is InChI=1S/C27H29F3N8O3S/c1-26(2,3)41-25(40)38-12-14(22(39)31-4)9-15(13-38)35-24-34-11-18(27(28,29)30)20(37-24)17-10-33-21-16(17)5-6-19(36-21)23-32-7-8-42-23/h5-8,10-11,14-15H,9,12-13H2,1-4H3,(H,31,39)(H,33,36)(H,34,35,37)/t14-,15+/m1/s1. The first-order valence-electron chi connectivity index (χ1n) is 13.1. The van der Waals surface area contributed by atoms with Crippen molar-refractivity contribution < 1.29 is 27.5 Å². The molecular weight excluding hydrogens is 573 g/mol. The van der Waals surface area contributed by atoms with E-state index in [1.54, 1.807) is 39.1 Å². The first-order chi connectivity index (χ1) is 19.8. The van der Waals surface area contributed by atoms with Crippen LogP contribution in [0.4, 0.5) is 23.9 Å². The molecule has 222 valence electrons. The lowest BCUT2D eigenvalue weighted by atomic mass is 9.93. The van der Waals surface area contributed by atoms with Crippen molar-refractivity contribution in [2.24, 2.45) is 5.92 Å². The molecule has 11 nitrogen and oxygen atoms in total. The highest BCUT2D eigenvalue weighted by Gasteiger charge is 2.38. The van der Waals surface area contributed by atoms with Crippen molar-refractivity contribution >= 4 is 40.3 Å². The van der Waals surface area contributed by atoms with Crippen molar-refractivity contribution in [1.82, 2.24) is 35.1 Å². The van der Waals surface area contributed by atoms with Crippen LogP contribution in [0, 0.1) is 5.92 Å². The van der Waals surface area contributed by atoms with Crippen molar-refractivity contribution in [1.29, 1.82) is 0 Å². The molecular formula is C27H29F3N8O3S. The number of carbonyl (C=O) groups is 2. The predicted molar refractivity (Wildman–Crippen MR) is 151 cm³/mol. The van der Waals surface area contributed by atoms with Gasteiger partial charge in [0.25, 0.3) is 0 Å². The zero-order chi connectivity index (χ0) is 30.2. The largest absolute Gasteiger partial charge is 0.444 e. The third-order valence-corrected chi connectivity index (χ3v) is 7.39. The maximum atomic E-state index is 14.1. The van der Waals surface area contributed by atoms with Crippen molar-refractivity contribution in [3.8, 4) is 22.0 Å². The van der Waals surface area contributed by atoms with Gasteiger partial charge in [0, 0.05) is 61.1 Å². The number of hydrogen-bond donors (Lipinski definition) is 3. The van der Waals surface area contributed by atoms with E-state index >= 15 is 0 Å². The van der Waals surface area contributed by atoms with Crippen LogP contribution in [-0.2, 0) is 15.7 Å². The van der Waals surface area contributed by atoms with Crippen LogP contribution in [0.25, 0.3) is 33.0 Å². The van der Waals surface area contributed by atoms with Crippen LogP contribution in [0.3, 0.4) is 0 Å². The van der Waals surface area contributed by atoms with E-state index in [4.69, 9.17) is 4.74 Å². The van der Waals surface area contributed by atoms with Crippen LogP contribution >= 0.6 is 11.3 Å². The summed E-state index contributed by atoms with van der Waals surface area (Å²) in [6, 6.07) is 2.83. The number of fused-ring (bicyclic) bond motifs is 1. The van der Waals surface area contributed by atoms with Crippen molar-refractivity contribution in [2.45, 2.75) is 45.0 Å². The molecule has 0 spiro atoms. The Balaban J connectivity index is 1.47. The van der Waals surface area contributed by atoms with Gasteiger partial charge in [-0.1, -0.05) is 0 Å². The molecule has 0 aliphatic carbocycles. The number of carbonyl (C=O) groups excluding carboxylic acids is 2. The van der Waals surface area contributed by atoms with Gasteiger partial charge < -0.3 is 25.3 Å². The highest BCUT2D eigenvalue weighted by Crippen LogP contribution is 2.39.